The van der Waals surface area contributed by atoms with Crippen molar-refractivity contribution in [3.63, 3.8) is 0 Å². The number of oxazole rings is 1. The van der Waals surface area contributed by atoms with E-state index in [4.69, 9.17) is 28.2 Å². The molecule has 0 aliphatic rings. The minimum absolute atomic E-state index is 0.214. The number of aryl methyl sites for hydroxylation is 1. The second kappa shape index (κ2) is 8.26. The van der Waals surface area contributed by atoms with E-state index in [-0.39, 0.29) is 11.0 Å². The van der Waals surface area contributed by atoms with E-state index in [9.17, 15) is 4.79 Å². The monoisotopic (exact) mass is 435 g/mol. The summed E-state index contributed by atoms with van der Waals surface area (Å²) in [5.41, 5.74) is 5.37. The van der Waals surface area contributed by atoms with Crippen molar-refractivity contribution in [1.29, 1.82) is 0 Å². The predicted molar refractivity (Wildman–Crippen MR) is 124 cm³/mol. The number of hydrogen-bond acceptors (Lipinski definition) is 4. The molecule has 1 amide bonds. The molecule has 4 rings (SSSR count). The Labute approximate surface area is 184 Å². The fourth-order valence-corrected chi connectivity index (χ4v) is 3.50. The average molecular weight is 436 g/mol. The number of benzene rings is 3. The van der Waals surface area contributed by atoms with Gasteiger partial charge in [-0.05, 0) is 74.1 Å². The molecule has 4 aromatic rings. The van der Waals surface area contributed by atoms with Crippen molar-refractivity contribution in [2.45, 2.75) is 13.8 Å². The third-order valence-corrected chi connectivity index (χ3v) is 5.11. The summed E-state index contributed by atoms with van der Waals surface area (Å²) in [6.07, 6.45) is 0. The van der Waals surface area contributed by atoms with Gasteiger partial charge in [-0.15, -0.1) is 0 Å². The van der Waals surface area contributed by atoms with Gasteiger partial charge in [0.1, 0.15) is 5.52 Å². The van der Waals surface area contributed by atoms with Crippen LogP contribution in [-0.4, -0.2) is 16.0 Å². The predicted octanol–water partition coefficient (Wildman–Crippen LogP) is 5.89. The van der Waals surface area contributed by atoms with Gasteiger partial charge in [-0.3, -0.25) is 10.1 Å². The summed E-state index contributed by atoms with van der Waals surface area (Å²) >= 11 is 11.4. The van der Waals surface area contributed by atoms with E-state index in [0.29, 0.717) is 27.6 Å². The highest BCUT2D eigenvalue weighted by Gasteiger charge is 2.14. The van der Waals surface area contributed by atoms with Crippen molar-refractivity contribution in [2.75, 3.05) is 5.32 Å². The number of nitrogens with one attached hydrogen (secondary N) is 2. The van der Waals surface area contributed by atoms with Crippen LogP contribution in [0, 0.1) is 13.8 Å². The Morgan fingerprint density at radius 3 is 2.67 bits per heavy atom. The van der Waals surface area contributed by atoms with Gasteiger partial charge in [0.15, 0.2) is 10.7 Å². The van der Waals surface area contributed by atoms with Crippen molar-refractivity contribution in [1.82, 2.24) is 10.3 Å². The Morgan fingerprint density at radius 2 is 1.87 bits per heavy atom. The largest absolute Gasteiger partial charge is 0.436 e. The standard InChI is InChI=1S/C23H18ClN3O2S/c1-13-5-3-6-15(11-13)21(28)27-23(30)26-18-8-4-7-17(14(18)2)22-25-19-12-16(24)9-10-20(19)29-22/h3-12H,1-2H3,(H2,26,27,28,30). The summed E-state index contributed by atoms with van der Waals surface area (Å²) in [5.74, 6) is 0.226. The number of fused-ring (bicyclic) bond motifs is 1. The molecule has 0 saturated carbocycles. The highest BCUT2D eigenvalue weighted by atomic mass is 35.5. The topological polar surface area (TPSA) is 67.2 Å². The summed E-state index contributed by atoms with van der Waals surface area (Å²) in [5, 5.41) is 6.62. The molecule has 150 valence electrons. The second-order valence-electron chi connectivity index (χ2n) is 6.89. The summed E-state index contributed by atoms with van der Waals surface area (Å²) in [7, 11) is 0. The van der Waals surface area contributed by atoms with Crippen LogP contribution in [-0.2, 0) is 0 Å². The van der Waals surface area contributed by atoms with Gasteiger partial charge in [-0.1, -0.05) is 35.4 Å². The lowest BCUT2D eigenvalue weighted by Crippen LogP contribution is -2.34. The highest BCUT2D eigenvalue weighted by Crippen LogP contribution is 2.31. The summed E-state index contributed by atoms with van der Waals surface area (Å²) in [4.78, 5) is 17.0. The van der Waals surface area contributed by atoms with E-state index in [1.807, 2.05) is 50.2 Å². The molecule has 1 aromatic heterocycles. The zero-order valence-electron chi connectivity index (χ0n) is 16.3. The molecule has 0 unspecified atom stereocenters. The van der Waals surface area contributed by atoms with Crippen LogP contribution in [0.2, 0.25) is 5.02 Å². The lowest BCUT2D eigenvalue weighted by atomic mass is 10.1. The Balaban J connectivity index is 1.55. The van der Waals surface area contributed by atoms with Crippen LogP contribution in [0.15, 0.2) is 65.1 Å². The Morgan fingerprint density at radius 1 is 1.07 bits per heavy atom. The number of amides is 1. The molecule has 0 spiro atoms. The van der Waals surface area contributed by atoms with E-state index >= 15 is 0 Å². The van der Waals surface area contributed by atoms with Crippen LogP contribution < -0.4 is 10.6 Å². The highest BCUT2D eigenvalue weighted by molar-refractivity contribution is 7.80. The molecule has 7 heteroatoms. The van der Waals surface area contributed by atoms with Crippen LogP contribution in [0.5, 0.6) is 0 Å². The maximum Gasteiger partial charge on any atom is 0.257 e. The normalized spacial score (nSPS) is 10.8. The number of carbonyl (C=O) groups excluding carboxylic acids is 1. The van der Waals surface area contributed by atoms with Gasteiger partial charge < -0.3 is 9.73 Å². The van der Waals surface area contributed by atoms with E-state index < -0.39 is 0 Å². The first-order valence-corrected chi connectivity index (χ1v) is 10.0. The SMILES string of the molecule is Cc1cccc(C(=O)NC(=S)Nc2cccc(-c3nc4cc(Cl)ccc4o3)c2C)c1. The molecule has 1 heterocycles. The fourth-order valence-electron chi connectivity index (χ4n) is 3.13. The molecule has 0 radical (unpaired) electrons. The smallest absolute Gasteiger partial charge is 0.257 e. The van der Waals surface area contributed by atoms with Crippen LogP contribution in [0.25, 0.3) is 22.6 Å². The van der Waals surface area contributed by atoms with Crippen molar-refractivity contribution in [2.24, 2.45) is 0 Å². The second-order valence-corrected chi connectivity index (χ2v) is 7.73. The van der Waals surface area contributed by atoms with E-state index in [1.165, 1.54) is 0 Å². The molecule has 0 saturated heterocycles. The Bertz CT molecular complexity index is 1280. The third-order valence-electron chi connectivity index (χ3n) is 4.67. The number of carbonyl (C=O) groups is 1. The fraction of sp³-hybridized carbons (Fsp3) is 0.0870. The van der Waals surface area contributed by atoms with Crippen molar-refractivity contribution in [3.05, 3.63) is 82.4 Å². The lowest BCUT2D eigenvalue weighted by molar-refractivity contribution is 0.0977. The quantitative estimate of drug-likeness (QED) is 0.392. The first kappa shape index (κ1) is 20.1. The first-order valence-electron chi connectivity index (χ1n) is 9.26. The zero-order valence-corrected chi connectivity index (χ0v) is 17.9. The molecule has 5 nitrogen and oxygen atoms in total. The summed E-state index contributed by atoms with van der Waals surface area (Å²) < 4.78 is 5.88. The molecule has 0 atom stereocenters. The van der Waals surface area contributed by atoms with Crippen LogP contribution in [0.3, 0.4) is 0 Å². The van der Waals surface area contributed by atoms with E-state index in [1.54, 1.807) is 24.3 Å². The van der Waals surface area contributed by atoms with E-state index in [0.717, 1.165) is 22.4 Å². The molecule has 0 aliphatic carbocycles. The number of thiocarbonyl (C=S) groups is 1. The number of hydrogen-bond donors (Lipinski definition) is 2. The Hall–Kier alpha value is -3.22. The zero-order chi connectivity index (χ0) is 21.3. The molecule has 30 heavy (non-hydrogen) atoms. The molecular weight excluding hydrogens is 418 g/mol. The average Bonchev–Trinajstić information content (AvgIpc) is 3.12. The summed E-state index contributed by atoms with van der Waals surface area (Å²) in [6.45, 7) is 3.87. The molecule has 2 N–H and O–H groups in total. The van der Waals surface area contributed by atoms with Crippen molar-refractivity contribution >= 4 is 51.6 Å². The lowest BCUT2D eigenvalue weighted by Gasteiger charge is -2.13. The number of halogens is 1. The van der Waals surface area contributed by atoms with Crippen molar-refractivity contribution in [3.8, 4) is 11.5 Å². The summed E-state index contributed by atoms with van der Waals surface area (Å²) in [6, 6.07) is 18.3. The first-order chi connectivity index (χ1) is 14.4. The van der Waals surface area contributed by atoms with Gasteiger partial charge in [0.25, 0.3) is 5.91 Å². The molecular formula is C23H18ClN3O2S. The van der Waals surface area contributed by atoms with Crippen LogP contribution >= 0.6 is 23.8 Å². The van der Waals surface area contributed by atoms with Gasteiger partial charge in [0, 0.05) is 21.8 Å². The van der Waals surface area contributed by atoms with Crippen LogP contribution in [0.4, 0.5) is 5.69 Å². The molecule has 0 bridgehead atoms. The maximum absolute atomic E-state index is 12.4. The van der Waals surface area contributed by atoms with Gasteiger partial charge in [-0.2, -0.15) is 0 Å². The minimum Gasteiger partial charge on any atom is -0.436 e. The third kappa shape index (κ3) is 4.20. The van der Waals surface area contributed by atoms with Gasteiger partial charge >= 0.3 is 0 Å². The van der Waals surface area contributed by atoms with E-state index in [2.05, 4.69) is 15.6 Å². The van der Waals surface area contributed by atoms with Gasteiger partial charge in [-0.25, -0.2) is 4.98 Å². The van der Waals surface area contributed by atoms with Gasteiger partial charge in [0.05, 0.1) is 0 Å². The maximum atomic E-state index is 12.4. The van der Waals surface area contributed by atoms with Crippen molar-refractivity contribution < 1.29 is 9.21 Å². The van der Waals surface area contributed by atoms with Gasteiger partial charge in [0.2, 0.25) is 5.89 Å². The molecule has 0 fully saturated rings. The van der Waals surface area contributed by atoms with Crippen LogP contribution in [0.1, 0.15) is 21.5 Å². The number of nitrogens with zero attached hydrogens (tertiary/aromatic N) is 1. The number of aromatic nitrogens is 1. The molecule has 3 aromatic carbocycles. The number of rotatable bonds is 3. The minimum atomic E-state index is -0.263. The number of anilines is 1. The molecule has 0 aliphatic heterocycles. The Kier molecular flexibility index (Phi) is 5.53.